The molecule has 2 aromatic heterocycles. The number of rotatable bonds is 3. The number of imidazole rings is 1. The topological polar surface area (TPSA) is 46.4 Å². The van der Waals surface area contributed by atoms with Gasteiger partial charge in [0.1, 0.15) is 11.3 Å². The van der Waals surface area contributed by atoms with Crippen LogP contribution in [0.2, 0.25) is 5.02 Å². The van der Waals surface area contributed by atoms with Crippen molar-refractivity contribution in [3.8, 4) is 0 Å². The molecular weight excluding hydrogens is 402 g/mol. The summed E-state index contributed by atoms with van der Waals surface area (Å²) in [6.07, 6.45) is 2.54. The van der Waals surface area contributed by atoms with Crippen molar-refractivity contribution in [1.29, 1.82) is 0 Å². The van der Waals surface area contributed by atoms with E-state index < -0.39 is 0 Å². The molecule has 25 heavy (non-hydrogen) atoms. The van der Waals surface area contributed by atoms with Crippen LogP contribution in [-0.2, 0) is 6.42 Å². The van der Waals surface area contributed by atoms with Gasteiger partial charge in [0, 0.05) is 10.7 Å². The van der Waals surface area contributed by atoms with Crippen LogP contribution in [0.15, 0.2) is 28.9 Å². The summed E-state index contributed by atoms with van der Waals surface area (Å²) in [5, 5.41) is 3.50. The molecule has 0 bridgehead atoms. The summed E-state index contributed by atoms with van der Waals surface area (Å²) in [7, 11) is 0. The highest BCUT2D eigenvalue weighted by atomic mass is 79.9. The molecular formula is C19H19BrClN3O. The number of nitrogens with zero attached hydrogens (tertiary/aromatic N) is 2. The lowest BCUT2D eigenvalue weighted by Gasteiger charge is -2.12. The number of nitrogens with one attached hydrogen (secondary N) is 1. The number of anilines is 1. The average molecular weight is 421 g/mol. The lowest BCUT2D eigenvalue weighted by Crippen LogP contribution is -2.17. The second-order valence-corrected chi connectivity index (χ2v) is 7.51. The van der Waals surface area contributed by atoms with Crippen LogP contribution in [0.25, 0.3) is 5.65 Å². The van der Waals surface area contributed by atoms with Crippen LogP contribution in [-0.4, -0.2) is 15.3 Å². The van der Waals surface area contributed by atoms with Crippen molar-refractivity contribution >= 4 is 44.8 Å². The van der Waals surface area contributed by atoms with Gasteiger partial charge in [-0.05, 0) is 71.9 Å². The summed E-state index contributed by atoms with van der Waals surface area (Å²) in [5.74, 6) is -0.212. The van der Waals surface area contributed by atoms with Crippen LogP contribution in [0.4, 0.5) is 5.69 Å². The lowest BCUT2D eigenvalue weighted by atomic mass is 10.1. The normalized spacial score (nSPS) is 11.1. The monoisotopic (exact) mass is 419 g/mol. The summed E-state index contributed by atoms with van der Waals surface area (Å²) < 4.78 is 2.74. The smallest absolute Gasteiger partial charge is 0.274 e. The predicted octanol–water partition coefficient (Wildman–Crippen LogP) is 5.49. The Hall–Kier alpha value is -1.85. The highest BCUT2D eigenvalue weighted by Crippen LogP contribution is 2.29. The Morgan fingerprint density at radius 1 is 1.24 bits per heavy atom. The Bertz CT molecular complexity index is 971. The van der Waals surface area contributed by atoms with Gasteiger partial charge < -0.3 is 5.32 Å². The molecule has 0 spiro atoms. The molecule has 0 aliphatic carbocycles. The van der Waals surface area contributed by atoms with Crippen molar-refractivity contribution in [2.24, 2.45) is 0 Å². The number of hydrogen-bond donors (Lipinski definition) is 1. The summed E-state index contributed by atoms with van der Waals surface area (Å²) >= 11 is 9.83. The van der Waals surface area contributed by atoms with Gasteiger partial charge in [0.25, 0.3) is 5.91 Å². The van der Waals surface area contributed by atoms with Crippen molar-refractivity contribution < 1.29 is 4.79 Å². The van der Waals surface area contributed by atoms with E-state index in [4.69, 9.17) is 11.6 Å². The van der Waals surface area contributed by atoms with Gasteiger partial charge in [-0.3, -0.25) is 9.20 Å². The zero-order valence-corrected chi connectivity index (χ0v) is 16.9. The molecule has 0 unspecified atom stereocenters. The molecule has 1 amide bonds. The number of amides is 1. The van der Waals surface area contributed by atoms with E-state index in [0.717, 1.165) is 32.5 Å². The molecule has 1 N–H and O–H groups in total. The first-order valence-corrected chi connectivity index (χ1v) is 9.24. The summed E-state index contributed by atoms with van der Waals surface area (Å²) in [6.45, 7) is 7.89. The van der Waals surface area contributed by atoms with Crippen molar-refractivity contribution in [2.75, 3.05) is 5.32 Å². The Morgan fingerprint density at radius 2 is 1.96 bits per heavy atom. The molecule has 0 saturated carbocycles. The molecule has 0 saturated heterocycles. The van der Waals surface area contributed by atoms with Crippen molar-refractivity contribution in [1.82, 2.24) is 9.38 Å². The third-order valence-electron chi connectivity index (χ3n) is 4.16. The first-order valence-electron chi connectivity index (χ1n) is 8.07. The SMILES string of the molecule is CCc1nc2c(C)cc(Br)cn2c1C(=O)Nc1c(C)cc(C)cc1Cl. The molecule has 0 radical (unpaired) electrons. The predicted molar refractivity (Wildman–Crippen MR) is 106 cm³/mol. The molecule has 0 atom stereocenters. The van der Waals surface area contributed by atoms with E-state index in [1.54, 1.807) is 0 Å². The molecule has 6 heteroatoms. The highest BCUT2D eigenvalue weighted by molar-refractivity contribution is 9.10. The van der Waals surface area contributed by atoms with Crippen molar-refractivity contribution in [2.45, 2.75) is 34.1 Å². The van der Waals surface area contributed by atoms with Gasteiger partial charge in [0.05, 0.1) is 16.4 Å². The summed E-state index contributed by atoms with van der Waals surface area (Å²) in [5.41, 5.74) is 5.73. The van der Waals surface area contributed by atoms with E-state index in [2.05, 4.69) is 26.2 Å². The molecule has 0 aliphatic rings. The average Bonchev–Trinajstić information content (AvgIpc) is 2.89. The second-order valence-electron chi connectivity index (χ2n) is 6.19. The number of hydrogen-bond acceptors (Lipinski definition) is 2. The zero-order valence-electron chi connectivity index (χ0n) is 14.6. The largest absolute Gasteiger partial charge is 0.319 e. The molecule has 0 aliphatic heterocycles. The van der Waals surface area contributed by atoms with Gasteiger partial charge in [-0.2, -0.15) is 0 Å². The maximum absolute atomic E-state index is 13.0. The summed E-state index contributed by atoms with van der Waals surface area (Å²) in [4.78, 5) is 17.7. The molecule has 3 aromatic rings. The molecule has 2 heterocycles. The third-order valence-corrected chi connectivity index (χ3v) is 4.89. The van der Waals surface area contributed by atoms with E-state index in [0.29, 0.717) is 22.8 Å². The van der Waals surface area contributed by atoms with E-state index in [1.165, 1.54) is 0 Å². The van der Waals surface area contributed by atoms with Gasteiger partial charge in [-0.1, -0.05) is 24.6 Å². The first kappa shape index (κ1) is 18.0. The van der Waals surface area contributed by atoms with E-state index >= 15 is 0 Å². The standard InChI is InChI=1S/C19H19BrClN3O/c1-5-15-17(24-9-13(20)8-12(4)18(24)22-15)19(25)23-16-11(3)6-10(2)7-14(16)21/h6-9H,5H2,1-4H3,(H,23,25). The molecule has 0 fully saturated rings. The maximum Gasteiger partial charge on any atom is 0.274 e. The minimum atomic E-state index is -0.212. The number of carbonyl (C=O) groups excluding carboxylic acids is 1. The number of aromatic nitrogens is 2. The van der Waals surface area contributed by atoms with Gasteiger partial charge >= 0.3 is 0 Å². The quantitative estimate of drug-likeness (QED) is 0.609. The number of benzene rings is 1. The van der Waals surface area contributed by atoms with E-state index in [-0.39, 0.29) is 5.91 Å². The minimum Gasteiger partial charge on any atom is -0.319 e. The van der Waals surface area contributed by atoms with Crippen LogP contribution in [0.3, 0.4) is 0 Å². The number of carbonyl (C=O) groups is 1. The van der Waals surface area contributed by atoms with Crippen LogP contribution in [0, 0.1) is 20.8 Å². The number of aryl methyl sites for hydroxylation is 4. The van der Waals surface area contributed by atoms with Gasteiger partial charge in [-0.25, -0.2) is 4.98 Å². The van der Waals surface area contributed by atoms with Crippen molar-refractivity contribution in [3.05, 3.63) is 62.0 Å². The highest BCUT2D eigenvalue weighted by Gasteiger charge is 2.21. The van der Waals surface area contributed by atoms with Gasteiger partial charge in [0.15, 0.2) is 0 Å². The van der Waals surface area contributed by atoms with Crippen LogP contribution >= 0.6 is 27.5 Å². The van der Waals surface area contributed by atoms with Crippen LogP contribution in [0.1, 0.15) is 39.8 Å². The fourth-order valence-corrected chi connectivity index (χ4v) is 3.97. The zero-order chi connectivity index (χ0) is 18.3. The minimum absolute atomic E-state index is 0.212. The lowest BCUT2D eigenvalue weighted by molar-refractivity contribution is 0.102. The molecule has 3 rings (SSSR count). The van der Waals surface area contributed by atoms with Crippen LogP contribution in [0.5, 0.6) is 0 Å². The van der Waals surface area contributed by atoms with Crippen molar-refractivity contribution in [3.63, 3.8) is 0 Å². The second kappa shape index (κ2) is 6.81. The number of fused-ring (bicyclic) bond motifs is 1. The third kappa shape index (κ3) is 3.31. The number of pyridine rings is 1. The van der Waals surface area contributed by atoms with Crippen LogP contribution < -0.4 is 5.32 Å². The first-order chi connectivity index (χ1) is 11.8. The Kier molecular flexibility index (Phi) is 4.89. The Labute approximate surface area is 160 Å². The fourth-order valence-electron chi connectivity index (χ4n) is 3.05. The van der Waals surface area contributed by atoms with E-state index in [9.17, 15) is 4.79 Å². The Morgan fingerprint density at radius 3 is 2.60 bits per heavy atom. The fraction of sp³-hybridized carbons (Fsp3) is 0.263. The molecule has 1 aromatic carbocycles. The maximum atomic E-state index is 13.0. The van der Waals surface area contributed by atoms with E-state index in [1.807, 2.05) is 56.5 Å². The van der Waals surface area contributed by atoms with Gasteiger partial charge in [-0.15, -0.1) is 0 Å². The summed E-state index contributed by atoms with van der Waals surface area (Å²) in [6, 6.07) is 5.84. The Balaban J connectivity index is 2.12. The molecule has 130 valence electrons. The van der Waals surface area contributed by atoms with Gasteiger partial charge in [0.2, 0.25) is 0 Å². The molecule has 4 nitrogen and oxygen atoms in total. The number of halogens is 2.